The van der Waals surface area contributed by atoms with Crippen molar-refractivity contribution in [2.45, 2.75) is 0 Å². The van der Waals surface area contributed by atoms with E-state index in [9.17, 15) is 0 Å². The van der Waals surface area contributed by atoms with E-state index in [0.717, 1.165) is 12.2 Å². The number of nitrogens with one attached hydrogen (secondary N) is 1. The molecule has 0 fully saturated rings. The van der Waals surface area contributed by atoms with E-state index in [1.54, 1.807) is 0 Å². The normalized spacial score (nSPS) is 17.6. The second-order valence-corrected chi connectivity index (χ2v) is 1.68. The number of dihydropyridines is 1. The summed E-state index contributed by atoms with van der Waals surface area (Å²) in [6.07, 6.45) is 7.09. The largest absolute Gasteiger partial charge is 0.411 e. The van der Waals surface area contributed by atoms with Crippen molar-refractivity contribution in [2.75, 3.05) is 6.54 Å². The summed E-state index contributed by atoms with van der Waals surface area (Å²) in [5.74, 6) is 0. The average molecular weight is 124 g/mol. The maximum absolute atomic E-state index is 8.08. The number of allylic oxidation sites excluding steroid dienone is 3. The molecule has 1 heterocycles. The molecular weight excluding hydrogens is 116 g/mol. The van der Waals surface area contributed by atoms with E-state index in [0.29, 0.717) is 0 Å². The molecule has 9 heavy (non-hydrogen) atoms. The number of hydrogen-bond acceptors (Lipinski definition) is 3. The zero-order valence-electron chi connectivity index (χ0n) is 4.91. The predicted molar refractivity (Wildman–Crippen MR) is 35.5 cm³/mol. The molecule has 0 amide bonds. The van der Waals surface area contributed by atoms with Crippen molar-refractivity contribution in [1.82, 2.24) is 5.32 Å². The highest BCUT2D eigenvalue weighted by Gasteiger charge is 1.91. The van der Waals surface area contributed by atoms with Crippen molar-refractivity contribution in [1.29, 1.82) is 0 Å². The third-order valence-corrected chi connectivity index (χ3v) is 1.03. The Kier molecular flexibility index (Phi) is 1.90. The van der Waals surface area contributed by atoms with Crippen LogP contribution in [0.15, 0.2) is 29.1 Å². The minimum atomic E-state index is 0.803. The number of nitrogens with zero attached hydrogens (tertiary/aromatic N) is 1. The second-order valence-electron chi connectivity index (χ2n) is 1.68. The van der Waals surface area contributed by atoms with Gasteiger partial charge in [-0.15, -0.1) is 0 Å². The molecule has 0 aromatic rings. The Morgan fingerprint density at radius 1 is 1.78 bits per heavy atom. The van der Waals surface area contributed by atoms with E-state index in [-0.39, 0.29) is 0 Å². The predicted octanol–water partition coefficient (Wildman–Crippen LogP) is 0.490. The molecule has 1 aliphatic heterocycles. The molecule has 0 radical (unpaired) electrons. The fraction of sp³-hybridized carbons (Fsp3) is 0.167. The Balaban J connectivity index is 2.57. The first-order valence-electron chi connectivity index (χ1n) is 2.71. The Morgan fingerprint density at radius 2 is 2.67 bits per heavy atom. The summed E-state index contributed by atoms with van der Waals surface area (Å²) >= 11 is 0. The summed E-state index contributed by atoms with van der Waals surface area (Å²) in [6.45, 7) is 0.803. The van der Waals surface area contributed by atoms with Crippen molar-refractivity contribution in [3.8, 4) is 0 Å². The standard InChI is InChI=1S/C6H8N2O/c9-8-5-6-3-1-2-4-7-6/h1-3,5,7,9H,4H2/b8-5+. The summed E-state index contributed by atoms with van der Waals surface area (Å²) in [5, 5.41) is 13.9. The van der Waals surface area contributed by atoms with Crippen LogP contribution < -0.4 is 5.32 Å². The van der Waals surface area contributed by atoms with E-state index in [1.807, 2.05) is 18.2 Å². The van der Waals surface area contributed by atoms with Gasteiger partial charge in [0, 0.05) is 6.54 Å². The van der Waals surface area contributed by atoms with Gasteiger partial charge in [0.1, 0.15) is 0 Å². The molecule has 3 nitrogen and oxygen atoms in total. The third-order valence-electron chi connectivity index (χ3n) is 1.03. The van der Waals surface area contributed by atoms with Crippen LogP contribution in [0.2, 0.25) is 0 Å². The second kappa shape index (κ2) is 2.91. The molecule has 3 heteroatoms. The fourth-order valence-corrected chi connectivity index (χ4v) is 0.626. The Labute approximate surface area is 53.4 Å². The molecule has 1 rings (SSSR count). The summed E-state index contributed by atoms with van der Waals surface area (Å²) in [5.41, 5.74) is 0.833. The third kappa shape index (κ3) is 1.60. The highest BCUT2D eigenvalue weighted by molar-refractivity contribution is 5.77. The van der Waals surface area contributed by atoms with Gasteiger partial charge in [0.2, 0.25) is 0 Å². The van der Waals surface area contributed by atoms with Gasteiger partial charge in [-0.05, 0) is 6.08 Å². The maximum Gasteiger partial charge on any atom is 0.0892 e. The van der Waals surface area contributed by atoms with Crippen LogP contribution >= 0.6 is 0 Å². The summed E-state index contributed by atoms with van der Waals surface area (Å²) in [6, 6.07) is 0. The van der Waals surface area contributed by atoms with Gasteiger partial charge in [0.15, 0.2) is 0 Å². The minimum absolute atomic E-state index is 0.803. The molecule has 0 aromatic carbocycles. The molecule has 0 unspecified atom stereocenters. The molecule has 0 aliphatic carbocycles. The van der Waals surface area contributed by atoms with Crippen LogP contribution in [-0.2, 0) is 0 Å². The summed E-state index contributed by atoms with van der Waals surface area (Å²) in [4.78, 5) is 0. The van der Waals surface area contributed by atoms with Crippen LogP contribution in [0.5, 0.6) is 0 Å². The minimum Gasteiger partial charge on any atom is -0.411 e. The topological polar surface area (TPSA) is 44.6 Å². The van der Waals surface area contributed by atoms with Gasteiger partial charge in [0.25, 0.3) is 0 Å². The Hall–Kier alpha value is -1.25. The first-order valence-corrected chi connectivity index (χ1v) is 2.71. The van der Waals surface area contributed by atoms with E-state index < -0.39 is 0 Å². The molecule has 0 atom stereocenters. The number of hydrogen-bond donors (Lipinski definition) is 2. The van der Waals surface area contributed by atoms with Gasteiger partial charge in [-0.1, -0.05) is 17.3 Å². The highest BCUT2D eigenvalue weighted by atomic mass is 16.4. The molecule has 0 saturated carbocycles. The SMILES string of the molecule is O/N=C/C1=CC=CCN1. The number of oxime groups is 1. The van der Waals surface area contributed by atoms with Gasteiger partial charge in [0.05, 0.1) is 11.9 Å². The van der Waals surface area contributed by atoms with Gasteiger partial charge in [-0.25, -0.2) is 0 Å². The van der Waals surface area contributed by atoms with Gasteiger partial charge < -0.3 is 10.5 Å². The highest BCUT2D eigenvalue weighted by Crippen LogP contribution is 1.91. The van der Waals surface area contributed by atoms with Crippen LogP contribution in [0.1, 0.15) is 0 Å². The average Bonchev–Trinajstić information content (AvgIpc) is 1.91. The lowest BCUT2D eigenvalue weighted by molar-refractivity contribution is 0.321. The van der Waals surface area contributed by atoms with Crippen molar-refractivity contribution in [3.05, 3.63) is 23.9 Å². The van der Waals surface area contributed by atoms with Crippen LogP contribution in [0.3, 0.4) is 0 Å². The first-order chi connectivity index (χ1) is 4.43. The molecular formula is C6H8N2O. The molecule has 0 spiro atoms. The monoisotopic (exact) mass is 124 g/mol. The maximum atomic E-state index is 8.08. The van der Waals surface area contributed by atoms with Crippen LogP contribution in [0.25, 0.3) is 0 Å². The Bertz CT molecular complexity index is 170. The molecule has 0 aromatic heterocycles. The lowest BCUT2D eigenvalue weighted by Crippen LogP contribution is -2.16. The number of rotatable bonds is 1. The molecule has 2 N–H and O–H groups in total. The Morgan fingerprint density at radius 3 is 3.22 bits per heavy atom. The molecule has 1 aliphatic rings. The van der Waals surface area contributed by atoms with Crippen molar-refractivity contribution < 1.29 is 5.21 Å². The fourth-order valence-electron chi connectivity index (χ4n) is 0.626. The first kappa shape index (κ1) is 5.88. The summed E-state index contributed by atoms with van der Waals surface area (Å²) < 4.78 is 0. The van der Waals surface area contributed by atoms with Crippen molar-refractivity contribution in [3.63, 3.8) is 0 Å². The van der Waals surface area contributed by atoms with Gasteiger partial charge in [-0.2, -0.15) is 0 Å². The molecule has 48 valence electrons. The molecule has 0 bridgehead atoms. The summed E-state index contributed by atoms with van der Waals surface area (Å²) in [7, 11) is 0. The van der Waals surface area contributed by atoms with E-state index in [4.69, 9.17) is 5.21 Å². The van der Waals surface area contributed by atoms with E-state index in [1.165, 1.54) is 6.21 Å². The van der Waals surface area contributed by atoms with Crippen molar-refractivity contribution in [2.24, 2.45) is 5.16 Å². The smallest absolute Gasteiger partial charge is 0.0892 e. The molecule has 0 saturated heterocycles. The van der Waals surface area contributed by atoms with Gasteiger partial charge >= 0.3 is 0 Å². The van der Waals surface area contributed by atoms with E-state index in [2.05, 4.69) is 10.5 Å². The lowest BCUT2D eigenvalue weighted by atomic mass is 10.3. The van der Waals surface area contributed by atoms with Crippen LogP contribution in [0.4, 0.5) is 0 Å². The van der Waals surface area contributed by atoms with Crippen molar-refractivity contribution >= 4 is 6.21 Å². The van der Waals surface area contributed by atoms with Crippen LogP contribution in [-0.4, -0.2) is 18.0 Å². The zero-order valence-corrected chi connectivity index (χ0v) is 4.91. The lowest BCUT2D eigenvalue weighted by Gasteiger charge is -2.04. The quantitative estimate of drug-likeness (QED) is 0.303. The van der Waals surface area contributed by atoms with E-state index >= 15 is 0 Å². The van der Waals surface area contributed by atoms with Gasteiger partial charge in [-0.3, -0.25) is 0 Å². The zero-order chi connectivity index (χ0) is 6.53. The van der Waals surface area contributed by atoms with Crippen LogP contribution in [0, 0.1) is 0 Å².